The first kappa shape index (κ1) is 16.6. The number of rotatable bonds is 7. The van der Waals surface area contributed by atoms with E-state index in [4.69, 9.17) is 14.2 Å². The van der Waals surface area contributed by atoms with Gasteiger partial charge < -0.3 is 19.5 Å². The Morgan fingerprint density at radius 1 is 1.13 bits per heavy atom. The third kappa shape index (κ3) is 4.88. The molecule has 1 aromatic heterocycles. The van der Waals surface area contributed by atoms with Crippen molar-refractivity contribution < 1.29 is 19.0 Å². The van der Waals surface area contributed by atoms with Crippen molar-refractivity contribution in [2.75, 3.05) is 20.8 Å². The van der Waals surface area contributed by atoms with Crippen LogP contribution in [0.1, 0.15) is 11.3 Å². The summed E-state index contributed by atoms with van der Waals surface area (Å²) in [5, 5.41) is 2.79. The van der Waals surface area contributed by atoms with Crippen LogP contribution in [0.25, 0.3) is 0 Å². The predicted octanol–water partition coefficient (Wildman–Crippen LogP) is 2.10. The van der Waals surface area contributed by atoms with Crippen LogP contribution in [0, 0.1) is 6.92 Å². The molecule has 0 aliphatic carbocycles. The molecule has 0 unspecified atom stereocenters. The Morgan fingerprint density at radius 3 is 2.57 bits per heavy atom. The number of methoxy groups -OCH3 is 2. The molecule has 1 heterocycles. The van der Waals surface area contributed by atoms with E-state index in [1.54, 1.807) is 32.5 Å². The number of aryl methyl sites for hydroxylation is 1. The third-order valence-corrected chi connectivity index (χ3v) is 3.19. The molecule has 6 heteroatoms. The zero-order valence-electron chi connectivity index (χ0n) is 13.5. The Labute approximate surface area is 135 Å². The van der Waals surface area contributed by atoms with E-state index in [0.29, 0.717) is 23.8 Å². The van der Waals surface area contributed by atoms with Crippen molar-refractivity contribution in [1.82, 2.24) is 10.3 Å². The number of nitrogens with one attached hydrogen (secondary N) is 1. The lowest BCUT2D eigenvalue weighted by Crippen LogP contribution is -2.28. The Kier molecular flexibility index (Phi) is 5.80. The van der Waals surface area contributed by atoms with Crippen molar-refractivity contribution in [1.29, 1.82) is 0 Å². The second-order valence-electron chi connectivity index (χ2n) is 4.89. The summed E-state index contributed by atoms with van der Waals surface area (Å²) >= 11 is 0. The zero-order chi connectivity index (χ0) is 16.7. The van der Waals surface area contributed by atoms with E-state index < -0.39 is 0 Å². The Bertz CT molecular complexity index is 656. The molecule has 0 saturated carbocycles. The number of carbonyl (C=O) groups is 1. The molecule has 1 amide bonds. The van der Waals surface area contributed by atoms with Crippen LogP contribution in [0.4, 0.5) is 0 Å². The largest absolute Gasteiger partial charge is 0.493 e. The highest BCUT2D eigenvalue weighted by Crippen LogP contribution is 2.27. The SMILES string of the molecule is COc1ccc(CNC(=O)COc2ccc(C)nc2)cc1OC. The number of hydrogen-bond acceptors (Lipinski definition) is 5. The van der Waals surface area contributed by atoms with E-state index in [-0.39, 0.29) is 12.5 Å². The second-order valence-corrected chi connectivity index (χ2v) is 4.89. The van der Waals surface area contributed by atoms with E-state index in [9.17, 15) is 4.79 Å². The molecule has 0 aliphatic rings. The molecule has 2 rings (SSSR count). The molecule has 0 bridgehead atoms. The first-order chi connectivity index (χ1) is 11.1. The highest BCUT2D eigenvalue weighted by molar-refractivity contribution is 5.77. The smallest absolute Gasteiger partial charge is 0.258 e. The molecule has 0 spiro atoms. The van der Waals surface area contributed by atoms with Crippen LogP contribution in [0.15, 0.2) is 36.5 Å². The number of carbonyl (C=O) groups excluding carboxylic acids is 1. The number of pyridine rings is 1. The van der Waals surface area contributed by atoms with Crippen LogP contribution in [0.2, 0.25) is 0 Å². The van der Waals surface area contributed by atoms with Crippen molar-refractivity contribution in [3.05, 3.63) is 47.8 Å². The van der Waals surface area contributed by atoms with Gasteiger partial charge in [0.05, 0.1) is 20.4 Å². The van der Waals surface area contributed by atoms with Crippen molar-refractivity contribution in [3.63, 3.8) is 0 Å². The van der Waals surface area contributed by atoms with Crippen molar-refractivity contribution in [2.45, 2.75) is 13.5 Å². The van der Waals surface area contributed by atoms with Gasteiger partial charge in [-0.1, -0.05) is 6.07 Å². The van der Waals surface area contributed by atoms with Crippen LogP contribution in [0.5, 0.6) is 17.2 Å². The van der Waals surface area contributed by atoms with E-state index in [2.05, 4.69) is 10.3 Å². The van der Waals surface area contributed by atoms with Gasteiger partial charge in [-0.05, 0) is 36.8 Å². The van der Waals surface area contributed by atoms with E-state index in [1.807, 2.05) is 25.1 Å². The van der Waals surface area contributed by atoms with Gasteiger partial charge >= 0.3 is 0 Å². The minimum atomic E-state index is -0.208. The minimum Gasteiger partial charge on any atom is -0.493 e. The van der Waals surface area contributed by atoms with E-state index in [0.717, 1.165) is 11.3 Å². The molecule has 122 valence electrons. The fraction of sp³-hybridized carbons (Fsp3) is 0.294. The summed E-state index contributed by atoms with van der Waals surface area (Å²) in [6.07, 6.45) is 1.59. The number of ether oxygens (including phenoxy) is 3. The lowest BCUT2D eigenvalue weighted by atomic mass is 10.2. The maximum Gasteiger partial charge on any atom is 0.258 e. The normalized spacial score (nSPS) is 10.0. The molecular formula is C17H20N2O4. The number of benzene rings is 1. The highest BCUT2D eigenvalue weighted by atomic mass is 16.5. The molecule has 6 nitrogen and oxygen atoms in total. The quantitative estimate of drug-likeness (QED) is 0.847. The van der Waals surface area contributed by atoms with Gasteiger partial charge in [-0.2, -0.15) is 0 Å². The summed E-state index contributed by atoms with van der Waals surface area (Å²) in [6, 6.07) is 9.10. The molecule has 0 fully saturated rings. The van der Waals surface area contributed by atoms with Crippen molar-refractivity contribution >= 4 is 5.91 Å². The summed E-state index contributed by atoms with van der Waals surface area (Å²) in [5.41, 5.74) is 1.81. The second kappa shape index (κ2) is 8.03. The van der Waals surface area contributed by atoms with Crippen LogP contribution in [-0.4, -0.2) is 31.7 Å². The summed E-state index contributed by atoms with van der Waals surface area (Å²) < 4.78 is 15.8. The van der Waals surface area contributed by atoms with Gasteiger partial charge in [0.15, 0.2) is 18.1 Å². The first-order valence-corrected chi connectivity index (χ1v) is 7.15. The number of amides is 1. The Hall–Kier alpha value is -2.76. The predicted molar refractivity (Wildman–Crippen MR) is 85.9 cm³/mol. The summed E-state index contributed by atoms with van der Waals surface area (Å²) in [4.78, 5) is 15.9. The first-order valence-electron chi connectivity index (χ1n) is 7.15. The van der Waals surface area contributed by atoms with Crippen LogP contribution >= 0.6 is 0 Å². The van der Waals surface area contributed by atoms with Crippen LogP contribution < -0.4 is 19.5 Å². The van der Waals surface area contributed by atoms with Crippen LogP contribution in [0.3, 0.4) is 0 Å². The van der Waals surface area contributed by atoms with Gasteiger partial charge in [0.2, 0.25) is 0 Å². The maximum atomic E-state index is 11.8. The number of aromatic nitrogens is 1. The molecule has 1 N–H and O–H groups in total. The topological polar surface area (TPSA) is 69.7 Å². The molecule has 2 aromatic rings. The fourth-order valence-electron chi connectivity index (χ4n) is 1.93. The Balaban J connectivity index is 1.83. The van der Waals surface area contributed by atoms with Crippen LogP contribution in [-0.2, 0) is 11.3 Å². The Morgan fingerprint density at radius 2 is 1.91 bits per heavy atom. The summed E-state index contributed by atoms with van der Waals surface area (Å²) in [7, 11) is 3.15. The van der Waals surface area contributed by atoms with Gasteiger partial charge in [-0.3, -0.25) is 9.78 Å². The average Bonchev–Trinajstić information content (AvgIpc) is 2.59. The zero-order valence-corrected chi connectivity index (χ0v) is 13.5. The molecule has 1 aromatic carbocycles. The number of hydrogen-bond donors (Lipinski definition) is 1. The monoisotopic (exact) mass is 316 g/mol. The van der Waals surface area contributed by atoms with Gasteiger partial charge in [0.25, 0.3) is 5.91 Å². The maximum absolute atomic E-state index is 11.8. The van der Waals surface area contributed by atoms with Crippen molar-refractivity contribution in [2.24, 2.45) is 0 Å². The molecule has 23 heavy (non-hydrogen) atoms. The molecule has 0 aliphatic heterocycles. The van der Waals surface area contributed by atoms with Gasteiger partial charge in [0.1, 0.15) is 5.75 Å². The summed E-state index contributed by atoms with van der Waals surface area (Å²) in [6.45, 7) is 2.21. The van der Waals surface area contributed by atoms with E-state index >= 15 is 0 Å². The molecular weight excluding hydrogens is 296 g/mol. The van der Waals surface area contributed by atoms with Gasteiger partial charge in [0, 0.05) is 12.2 Å². The number of nitrogens with zero attached hydrogens (tertiary/aromatic N) is 1. The lowest BCUT2D eigenvalue weighted by Gasteiger charge is -2.11. The highest BCUT2D eigenvalue weighted by Gasteiger charge is 2.07. The fourth-order valence-corrected chi connectivity index (χ4v) is 1.93. The van der Waals surface area contributed by atoms with E-state index in [1.165, 1.54) is 0 Å². The third-order valence-electron chi connectivity index (χ3n) is 3.19. The van der Waals surface area contributed by atoms with Gasteiger partial charge in [-0.25, -0.2) is 0 Å². The average molecular weight is 316 g/mol. The standard InChI is InChI=1S/C17H20N2O4/c1-12-4-6-14(10-18-12)23-11-17(20)19-9-13-5-7-15(21-2)16(8-13)22-3/h4-8,10H,9,11H2,1-3H3,(H,19,20). The molecule has 0 radical (unpaired) electrons. The minimum absolute atomic E-state index is 0.0575. The molecule has 0 atom stereocenters. The molecule has 0 saturated heterocycles. The van der Waals surface area contributed by atoms with Gasteiger partial charge in [-0.15, -0.1) is 0 Å². The van der Waals surface area contributed by atoms with Crippen molar-refractivity contribution in [3.8, 4) is 17.2 Å². The summed E-state index contributed by atoms with van der Waals surface area (Å²) in [5.74, 6) is 1.64. The lowest BCUT2D eigenvalue weighted by molar-refractivity contribution is -0.123.